The van der Waals surface area contributed by atoms with Crippen molar-refractivity contribution < 1.29 is 28.8 Å². The molecule has 0 unspecified atom stereocenters. The minimum atomic E-state index is -0.691. The summed E-state index contributed by atoms with van der Waals surface area (Å²) in [4.78, 5) is 59.7. The Balaban J connectivity index is 0.00000195. The summed E-state index contributed by atoms with van der Waals surface area (Å²) >= 11 is 0. The van der Waals surface area contributed by atoms with Crippen LogP contribution in [-0.2, 0) is 25.8 Å². The molecule has 0 aromatic heterocycles. The van der Waals surface area contributed by atoms with Gasteiger partial charge in [0.25, 0.3) is 5.91 Å². The summed E-state index contributed by atoms with van der Waals surface area (Å²) in [6, 6.07) is 8.42. The Morgan fingerprint density at radius 3 is 2.34 bits per heavy atom. The van der Waals surface area contributed by atoms with Crippen LogP contribution in [0.3, 0.4) is 0 Å². The highest BCUT2D eigenvalue weighted by molar-refractivity contribution is 5.90. The third-order valence-electron chi connectivity index (χ3n) is 6.59. The summed E-state index contributed by atoms with van der Waals surface area (Å²) in [6.45, 7) is 10.8. The van der Waals surface area contributed by atoms with E-state index in [0.717, 1.165) is 5.56 Å². The molecule has 3 aliphatic heterocycles. The van der Waals surface area contributed by atoms with Crippen molar-refractivity contribution in [3.05, 3.63) is 35.9 Å². The average Bonchev–Trinajstić information content (AvgIpc) is 3.15. The number of hydrogen-bond donors (Lipinski definition) is 2. The Morgan fingerprint density at radius 1 is 0.974 bits per heavy atom. The molecule has 3 fully saturated rings. The molecule has 3 saturated heterocycles. The van der Waals surface area contributed by atoms with Gasteiger partial charge in [0.15, 0.2) is 0 Å². The van der Waals surface area contributed by atoms with E-state index in [4.69, 9.17) is 9.57 Å². The standard InChI is InChI=1S/C25H35N5O6.C2H6/c1-25(2,3)36-24(34)28-13-7-10-18(14-28)21(31)26-27-22(32)20-12-11-19-15-29(20)23(33)30(19)35-16-17-8-5-4-6-9-17;1-2/h4-6,8-9,18-20H,7,10-16H2,1-3H3,(H,26,31)(H,27,32);1-2H3/t18-,19-,20+;/m1./s1. The molecule has 3 aliphatic rings. The van der Waals surface area contributed by atoms with Crippen molar-refractivity contribution in [2.24, 2.45) is 5.92 Å². The molecule has 0 radical (unpaired) electrons. The molecule has 11 heteroatoms. The van der Waals surface area contributed by atoms with E-state index in [0.29, 0.717) is 38.8 Å². The van der Waals surface area contributed by atoms with E-state index in [-0.39, 0.29) is 31.1 Å². The Kier molecular flexibility index (Phi) is 9.96. The lowest BCUT2D eigenvalue weighted by Gasteiger charge is -2.33. The molecule has 1 aromatic rings. The van der Waals surface area contributed by atoms with Crippen molar-refractivity contribution in [3.8, 4) is 0 Å². The van der Waals surface area contributed by atoms with Crippen molar-refractivity contribution in [1.82, 2.24) is 25.7 Å². The number of ether oxygens (including phenoxy) is 1. The van der Waals surface area contributed by atoms with E-state index in [1.54, 1.807) is 20.8 Å². The molecule has 3 heterocycles. The normalized spacial score (nSPS) is 22.8. The number of nitrogens with one attached hydrogen (secondary N) is 2. The van der Waals surface area contributed by atoms with Crippen LogP contribution in [0.15, 0.2) is 30.3 Å². The molecule has 0 aliphatic carbocycles. The second-order valence-electron chi connectivity index (χ2n) is 10.5. The van der Waals surface area contributed by atoms with Gasteiger partial charge < -0.3 is 14.5 Å². The number of urea groups is 1. The molecule has 3 atom stereocenters. The monoisotopic (exact) mass is 531 g/mol. The van der Waals surface area contributed by atoms with Gasteiger partial charge in [0.05, 0.1) is 12.0 Å². The molecule has 5 amide bonds. The number of carbonyl (C=O) groups is 4. The first-order valence-electron chi connectivity index (χ1n) is 13.5. The summed E-state index contributed by atoms with van der Waals surface area (Å²) in [7, 11) is 0. The van der Waals surface area contributed by atoms with E-state index < -0.39 is 29.6 Å². The number of likely N-dealkylation sites (tertiary alicyclic amines) is 1. The number of hydroxylamine groups is 2. The predicted octanol–water partition coefficient (Wildman–Crippen LogP) is 3.21. The van der Waals surface area contributed by atoms with Gasteiger partial charge in [0.2, 0.25) is 5.91 Å². The maximum atomic E-state index is 12.9. The van der Waals surface area contributed by atoms with Crippen LogP contribution in [0.2, 0.25) is 0 Å². The summed E-state index contributed by atoms with van der Waals surface area (Å²) in [5.41, 5.74) is 5.30. The van der Waals surface area contributed by atoms with Crippen LogP contribution in [0.4, 0.5) is 9.59 Å². The van der Waals surface area contributed by atoms with Gasteiger partial charge >= 0.3 is 12.1 Å². The van der Waals surface area contributed by atoms with Crippen molar-refractivity contribution in [3.63, 3.8) is 0 Å². The molecule has 38 heavy (non-hydrogen) atoms. The largest absolute Gasteiger partial charge is 0.444 e. The molecule has 0 saturated carbocycles. The topological polar surface area (TPSA) is 121 Å². The third-order valence-corrected chi connectivity index (χ3v) is 6.59. The first-order chi connectivity index (χ1) is 18.1. The van der Waals surface area contributed by atoms with Crippen LogP contribution in [0.25, 0.3) is 0 Å². The quantitative estimate of drug-likeness (QED) is 0.563. The minimum absolute atomic E-state index is 0.110. The van der Waals surface area contributed by atoms with Gasteiger partial charge in [0, 0.05) is 19.6 Å². The average molecular weight is 532 g/mol. The molecular weight excluding hydrogens is 490 g/mol. The number of carbonyl (C=O) groups excluding carboxylic acids is 4. The molecule has 210 valence electrons. The van der Waals surface area contributed by atoms with Gasteiger partial charge in [-0.2, -0.15) is 5.06 Å². The zero-order valence-corrected chi connectivity index (χ0v) is 23.1. The van der Waals surface area contributed by atoms with Crippen LogP contribution in [0, 0.1) is 5.92 Å². The molecule has 2 N–H and O–H groups in total. The summed E-state index contributed by atoms with van der Waals surface area (Å²) in [6.07, 6.45) is 1.91. The molecule has 0 spiro atoms. The number of fused-ring (bicyclic) bond motifs is 2. The van der Waals surface area contributed by atoms with Crippen molar-refractivity contribution in [2.45, 2.75) is 84.6 Å². The van der Waals surface area contributed by atoms with E-state index >= 15 is 0 Å². The van der Waals surface area contributed by atoms with Gasteiger partial charge in [-0.1, -0.05) is 44.2 Å². The fraction of sp³-hybridized carbons (Fsp3) is 0.630. The van der Waals surface area contributed by atoms with E-state index in [1.807, 2.05) is 44.2 Å². The van der Waals surface area contributed by atoms with Gasteiger partial charge in [-0.25, -0.2) is 9.59 Å². The first kappa shape index (κ1) is 29.2. The zero-order valence-electron chi connectivity index (χ0n) is 23.1. The smallest absolute Gasteiger partial charge is 0.410 e. The Bertz CT molecular complexity index is 982. The summed E-state index contributed by atoms with van der Waals surface area (Å²) < 4.78 is 5.41. The molecule has 11 nitrogen and oxygen atoms in total. The highest BCUT2D eigenvalue weighted by Gasteiger charge is 2.48. The number of benzene rings is 1. The minimum Gasteiger partial charge on any atom is -0.444 e. The van der Waals surface area contributed by atoms with E-state index in [2.05, 4.69) is 10.9 Å². The van der Waals surface area contributed by atoms with Crippen molar-refractivity contribution in [2.75, 3.05) is 19.6 Å². The van der Waals surface area contributed by atoms with Crippen molar-refractivity contribution >= 4 is 23.9 Å². The fourth-order valence-electron chi connectivity index (χ4n) is 4.78. The highest BCUT2D eigenvalue weighted by Crippen LogP contribution is 2.30. The fourth-order valence-corrected chi connectivity index (χ4v) is 4.78. The Morgan fingerprint density at radius 2 is 1.66 bits per heavy atom. The molecule has 1 aromatic carbocycles. The van der Waals surface area contributed by atoms with Crippen molar-refractivity contribution in [1.29, 1.82) is 0 Å². The zero-order chi connectivity index (χ0) is 27.9. The lowest BCUT2D eigenvalue weighted by molar-refractivity contribution is -0.140. The predicted molar refractivity (Wildman–Crippen MR) is 140 cm³/mol. The van der Waals surface area contributed by atoms with Crippen LogP contribution < -0.4 is 10.9 Å². The summed E-state index contributed by atoms with van der Waals surface area (Å²) in [5.74, 6) is -1.27. The number of nitrogens with zero attached hydrogens (tertiary/aromatic N) is 3. The van der Waals surface area contributed by atoms with Gasteiger partial charge in [-0.3, -0.25) is 25.3 Å². The Labute approximate surface area is 224 Å². The second-order valence-corrected chi connectivity index (χ2v) is 10.5. The number of rotatable bonds is 5. The van der Waals surface area contributed by atoms with Gasteiger partial charge in [-0.05, 0) is 52.0 Å². The highest BCUT2D eigenvalue weighted by atomic mass is 16.7. The lowest BCUT2D eigenvalue weighted by atomic mass is 9.97. The maximum Gasteiger partial charge on any atom is 0.410 e. The lowest BCUT2D eigenvalue weighted by Crippen LogP contribution is -2.56. The SMILES string of the molecule is CC.CC(C)(C)OC(=O)N1CCC[C@@H](C(=O)NNC(=O)[C@@H]2CC[C@@H]3CN2C(=O)N3OCc2ccccc2)C1. The Hall–Kier alpha value is -3.34. The third kappa shape index (κ3) is 7.37. The summed E-state index contributed by atoms with van der Waals surface area (Å²) in [5, 5.41) is 1.37. The second kappa shape index (κ2) is 12.9. The van der Waals surface area contributed by atoms with Crippen LogP contribution in [0.5, 0.6) is 0 Å². The van der Waals surface area contributed by atoms with Crippen LogP contribution in [0.1, 0.15) is 65.9 Å². The number of piperidine rings is 2. The maximum absolute atomic E-state index is 12.9. The number of amides is 5. The first-order valence-corrected chi connectivity index (χ1v) is 13.5. The van der Waals surface area contributed by atoms with Crippen LogP contribution in [-0.4, -0.2) is 76.1 Å². The molecule has 4 rings (SSSR count). The molecule has 2 bridgehead atoms. The van der Waals surface area contributed by atoms with Gasteiger partial charge in [-0.15, -0.1) is 0 Å². The molecular formula is C27H41N5O6. The van der Waals surface area contributed by atoms with E-state index in [1.165, 1.54) is 14.9 Å². The van der Waals surface area contributed by atoms with Gasteiger partial charge in [0.1, 0.15) is 18.2 Å². The number of hydrazine groups is 1. The van der Waals surface area contributed by atoms with Crippen LogP contribution >= 0.6 is 0 Å². The number of hydrogen-bond acceptors (Lipinski definition) is 6. The van der Waals surface area contributed by atoms with E-state index in [9.17, 15) is 19.2 Å².